The Morgan fingerprint density at radius 3 is 1.09 bits per heavy atom. The Bertz CT molecular complexity index is 1880. The van der Waals surface area contributed by atoms with Crippen molar-refractivity contribution in [2.24, 2.45) is 5.41 Å². The first kappa shape index (κ1) is 60.8. The van der Waals surface area contributed by atoms with Gasteiger partial charge in [0.25, 0.3) is 0 Å². The van der Waals surface area contributed by atoms with Crippen molar-refractivity contribution in [3.63, 3.8) is 0 Å². The molecule has 4 heterocycles. The molecule has 4 aliphatic heterocycles. The van der Waals surface area contributed by atoms with Crippen molar-refractivity contribution in [1.29, 1.82) is 0 Å². The van der Waals surface area contributed by atoms with Crippen LogP contribution in [0.5, 0.6) is 11.5 Å². The average Bonchev–Trinajstić information content (AvgIpc) is 4.07. The van der Waals surface area contributed by atoms with Crippen LogP contribution in [-0.2, 0) is 70.2 Å². The summed E-state index contributed by atoms with van der Waals surface area (Å²) in [5.74, 6) is -2.95. The second-order valence-electron chi connectivity index (χ2n) is 22.8. The third-order valence-corrected chi connectivity index (χ3v) is 14.7. The Morgan fingerprint density at radius 1 is 0.453 bits per heavy atom. The molecule has 16 heteroatoms. The summed E-state index contributed by atoms with van der Waals surface area (Å²) in [6, 6.07) is 15.5. The third-order valence-electron chi connectivity index (χ3n) is 14.7. The lowest BCUT2D eigenvalue weighted by Gasteiger charge is -2.33. The summed E-state index contributed by atoms with van der Waals surface area (Å²) < 4.78 is 75.4. The predicted molar refractivity (Wildman–Crippen MR) is 285 cm³/mol. The number of unbranched alkanes of at least 4 members (excludes halogenated alkanes) is 10. The molecule has 2 amide bonds. The molecule has 4 saturated heterocycles. The predicted octanol–water partition coefficient (Wildman–Crippen LogP) is 10.2. The Hall–Kier alpha value is -3.42. The Balaban J connectivity index is 1.19. The molecule has 75 heavy (non-hydrogen) atoms. The van der Waals surface area contributed by atoms with Crippen molar-refractivity contribution in [2.75, 3.05) is 40.5 Å². The van der Waals surface area contributed by atoms with E-state index in [4.69, 9.17) is 56.8 Å². The maximum absolute atomic E-state index is 15.3. The van der Waals surface area contributed by atoms with Crippen LogP contribution in [0.3, 0.4) is 0 Å². The van der Waals surface area contributed by atoms with Crippen molar-refractivity contribution in [3.8, 4) is 11.5 Å². The Labute approximate surface area is 448 Å². The number of ether oxygens (including phenoxy) is 12. The standard InChI is InChI=1S/C59H94N2O14/c1-13-15-17-19-21-23-33-59(34-24-22-20-18-16-14-2,53(62)60-35-45-49(72-55(3,4)68-45)51-47(70-57(7,8)74-51)39-66-37-41-25-29-43(64-11)30-26-41)54(63)61-36-46-50(73-56(5,6)69-46)52-48(71-58(9,10)75-52)40-67-38-42-27-31-44(65-12)32-28-42/h25-32,45-52H,13-24,33-40H2,1-12H3,(H,60,62)(H,61,63)/t45-,46-,47+,48+,49+,50+,51-,52-/m1/s1. The number of carbonyl (C=O) groups excluding carboxylic acids is 2. The zero-order valence-electron chi connectivity index (χ0n) is 47.6. The van der Waals surface area contributed by atoms with Crippen LogP contribution in [-0.4, -0.2) is 124 Å². The van der Waals surface area contributed by atoms with Crippen LogP contribution in [0.1, 0.15) is 170 Å². The van der Waals surface area contributed by atoms with Crippen molar-refractivity contribution in [1.82, 2.24) is 10.6 Å². The van der Waals surface area contributed by atoms with E-state index in [2.05, 4.69) is 24.5 Å². The molecule has 2 N–H and O–H groups in total. The first-order chi connectivity index (χ1) is 35.7. The molecule has 16 nitrogen and oxygen atoms in total. The highest BCUT2D eigenvalue weighted by Gasteiger charge is 2.56. The summed E-state index contributed by atoms with van der Waals surface area (Å²) in [4.78, 5) is 30.7. The van der Waals surface area contributed by atoms with Gasteiger partial charge in [0.1, 0.15) is 65.7 Å². The van der Waals surface area contributed by atoms with E-state index in [-0.39, 0.29) is 38.1 Å². The summed E-state index contributed by atoms with van der Waals surface area (Å²) in [6.45, 7) is 20.7. The monoisotopic (exact) mass is 1050 g/mol. The number of nitrogens with one attached hydrogen (secondary N) is 2. The zero-order valence-corrected chi connectivity index (χ0v) is 47.6. The number of hydrogen-bond donors (Lipinski definition) is 2. The van der Waals surface area contributed by atoms with Gasteiger partial charge in [-0.2, -0.15) is 0 Å². The Kier molecular flexibility index (Phi) is 22.7. The molecule has 2 aromatic carbocycles. The van der Waals surface area contributed by atoms with E-state index in [0.717, 1.165) is 99.7 Å². The minimum absolute atomic E-state index is 0.0846. The highest BCUT2D eigenvalue weighted by molar-refractivity contribution is 6.05. The van der Waals surface area contributed by atoms with Gasteiger partial charge in [0.05, 0.1) is 40.6 Å². The molecule has 0 radical (unpaired) electrons. The van der Waals surface area contributed by atoms with Crippen LogP contribution in [0.15, 0.2) is 48.5 Å². The van der Waals surface area contributed by atoms with Gasteiger partial charge in [0.15, 0.2) is 23.1 Å². The van der Waals surface area contributed by atoms with Gasteiger partial charge < -0.3 is 67.5 Å². The first-order valence-corrected chi connectivity index (χ1v) is 28.1. The highest BCUT2D eigenvalue weighted by atomic mass is 16.8. The van der Waals surface area contributed by atoms with E-state index in [1.807, 2.05) is 104 Å². The second kappa shape index (κ2) is 27.9. The lowest BCUT2D eigenvalue weighted by atomic mass is 9.75. The average molecular weight is 1060 g/mol. The molecule has 424 valence electrons. The summed E-state index contributed by atoms with van der Waals surface area (Å²) in [6.07, 6.45) is 8.26. The van der Waals surface area contributed by atoms with E-state index < -0.39 is 77.4 Å². The number of amides is 2. The Morgan fingerprint density at radius 2 is 0.760 bits per heavy atom. The van der Waals surface area contributed by atoms with Crippen molar-refractivity contribution in [3.05, 3.63) is 59.7 Å². The first-order valence-electron chi connectivity index (χ1n) is 28.1. The van der Waals surface area contributed by atoms with E-state index in [0.29, 0.717) is 26.1 Å². The lowest BCUT2D eigenvalue weighted by Crippen LogP contribution is -2.56. The molecule has 0 bridgehead atoms. The van der Waals surface area contributed by atoms with Crippen LogP contribution in [0, 0.1) is 5.41 Å². The van der Waals surface area contributed by atoms with Crippen molar-refractivity contribution >= 4 is 11.8 Å². The van der Waals surface area contributed by atoms with E-state index in [1.54, 1.807) is 14.2 Å². The molecular formula is C59H94N2O14. The molecule has 0 aliphatic carbocycles. The van der Waals surface area contributed by atoms with Gasteiger partial charge in [-0.05, 0) is 104 Å². The normalized spacial score (nSPS) is 26.6. The van der Waals surface area contributed by atoms with Gasteiger partial charge in [0, 0.05) is 13.1 Å². The van der Waals surface area contributed by atoms with Gasteiger partial charge in [-0.15, -0.1) is 0 Å². The number of methoxy groups -OCH3 is 2. The molecular weight excluding hydrogens is 961 g/mol. The quantitative estimate of drug-likeness (QED) is 0.0524. The summed E-state index contributed by atoms with van der Waals surface area (Å²) in [7, 11) is 3.28. The maximum atomic E-state index is 15.3. The van der Waals surface area contributed by atoms with E-state index in [1.165, 1.54) is 0 Å². The second-order valence-corrected chi connectivity index (χ2v) is 22.8. The molecule has 4 aliphatic rings. The molecule has 0 aromatic heterocycles. The fourth-order valence-corrected chi connectivity index (χ4v) is 11.0. The van der Waals surface area contributed by atoms with Crippen LogP contribution in [0.2, 0.25) is 0 Å². The van der Waals surface area contributed by atoms with Crippen LogP contribution in [0.4, 0.5) is 0 Å². The number of carbonyl (C=O) groups is 2. The number of hydrogen-bond acceptors (Lipinski definition) is 14. The van der Waals surface area contributed by atoms with Gasteiger partial charge in [-0.25, -0.2) is 0 Å². The van der Waals surface area contributed by atoms with E-state index in [9.17, 15) is 0 Å². The molecule has 0 saturated carbocycles. The van der Waals surface area contributed by atoms with Gasteiger partial charge >= 0.3 is 0 Å². The maximum Gasteiger partial charge on any atom is 0.235 e. The highest BCUT2D eigenvalue weighted by Crippen LogP contribution is 2.41. The van der Waals surface area contributed by atoms with Crippen LogP contribution in [0.25, 0.3) is 0 Å². The van der Waals surface area contributed by atoms with Crippen molar-refractivity contribution in [2.45, 2.75) is 244 Å². The van der Waals surface area contributed by atoms with E-state index >= 15 is 9.59 Å². The number of benzene rings is 2. The van der Waals surface area contributed by atoms with Crippen LogP contribution >= 0.6 is 0 Å². The molecule has 4 fully saturated rings. The molecule has 2 aromatic rings. The largest absolute Gasteiger partial charge is 0.497 e. The summed E-state index contributed by atoms with van der Waals surface area (Å²) in [5, 5.41) is 6.52. The molecule has 0 spiro atoms. The lowest BCUT2D eigenvalue weighted by molar-refractivity contribution is -0.175. The van der Waals surface area contributed by atoms with Crippen molar-refractivity contribution < 1.29 is 66.4 Å². The minimum atomic E-state index is -1.38. The molecule has 6 rings (SSSR count). The summed E-state index contributed by atoms with van der Waals surface area (Å²) in [5.41, 5.74) is 0.601. The SMILES string of the molecule is CCCCCCCCC(CCCCCCCC)(C(=O)NC[C@H]1OC(C)(C)O[C@@H]1[C@@H]1OC(C)(C)O[C@H]1COCc1ccc(OC)cc1)C(=O)NC[C@H]1OC(C)(C)O[C@@H]1[C@@H]1OC(C)(C)O[C@H]1COCc1ccc(OC)cc1. The van der Waals surface area contributed by atoms with Gasteiger partial charge in [-0.3, -0.25) is 9.59 Å². The van der Waals surface area contributed by atoms with Gasteiger partial charge in [0.2, 0.25) is 11.8 Å². The smallest absolute Gasteiger partial charge is 0.235 e. The topological polar surface area (TPSA) is 169 Å². The fourth-order valence-electron chi connectivity index (χ4n) is 11.0. The minimum Gasteiger partial charge on any atom is -0.497 e. The van der Waals surface area contributed by atoms with Crippen LogP contribution < -0.4 is 20.1 Å². The molecule has 8 atom stereocenters. The fraction of sp³-hybridized carbons (Fsp3) is 0.763. The summed E-state index contributed by atoms with van der Waals surface area (Å²) >= 11 is 0. The molecule has 0 unspecified atom stereocenters. The third kappa shape index (κ3) is 17.8. The number of rotatable bonds is 32. The zero-order chi connectivity index (χ0) is 54.3. The van der Waals surface area contributed by atoms with Gasteiger partial charge in [-0.1, -0.05) is 115 Å².